The summed E-state index contributed by atoms with van der Waals surface area (Å²) < 4.78 is 1.64. The lowest BCUT2D eigenvalue weighted by Crippen LogP contribution is -2.40. The zero-order valence-electron chi connectivity index (χ0n) is 14.1. The molecule has 1 aromatic carbocycles. The molecule has 6 nitrogen and oxygen atoms in total. The molecule has 0 unspecified atom stereocenters. The van der Waals surface area contributed by atoms with E-state index in [4.69, 9.17) is 5.73 Å². The number of carbonyl (C=O) groups excluding carboxylic acids is 2. The molecule has 130 valence electrons. The van der Waals surface area contributed by atoms with Gasteiger partial charge in [-0.25, -0.2) is 0 Å². The van der Waals surface area contributed by atoms with E-state index in [9.17, 15) is 9.59 Å². The van der Waals surface area contributed by atoms with Gasteiger partial charge in [0.2, 0.25) is 6.54 Å². The predicted octanol–water partition coefficient (Wildman–Crippen LogP) is 1.70. The summed E-state index contributed by atoms with van der Waals surface area (Å²) in [5.74, 6) is -0.666. The van der Waals surface area contributed by atoms with Crippen molar-refractivity contribution in [3.8, 4) is 0 Å². The number of rotatable bonds is 5. The highest BCUT2D eigenvalue weighted by Gasteiger charge is 2.13. The van der Waals surface area contributed by atoms with Gasteiger partial charge in [-0.3, -0.25) is 9.59 Å². The van der Waals surface area contributed by atoms with E-state index in [1.807, 2.05) is 24.3 Å². The van der Waals surface area contributed by atoms with Crippen molar-refractivity contribution in [3.05, 3.63) is 54.4 Å². The number of nitrogens with two attached hydrogens (primary N) is 1. The van der Waals surface area contributed by atoms with Crippen LogP contribution >= 0.6 is 0 Å². The van der Waals surface area contributed by atoms with Crippen molar-refractivity contribution in [1.82, 2.24) is 0 Å². The molecule has 0 atom stereocenters. The maximum atomic E-state index is 12.2. The molecule has 1 aliphatic rings. The van der Waals surface area contributed by atoms with E-state index in [0.717, 1.165) is 18.8 Å². The number of nitrogens with one attached hydrogen (secondary N) is 1. The molecule has 1 aromatic heterocycles. The Morgan fingerprint density at radius 3 is 2.48 bits per heavy atom. The summed E-state index contributed by atoms with van der Waals surface area (Å²) in [5.41, 5.74) is 7.59. The van der Waals surface area contributed by atoms with Gasteiger partial charge < -0.3 is 16.0 Å². The summed E-state index contributed by atoms with van der Waals surface area (Å²) in [6, 6.07) is 11.2. The first kappa shape index (κ1) is 17.0. The number of pyridine rings is 1. The standard InChI is InChI=1S/C19H22N4O2/c20-19(25)15-5-4-10-22(13-15)14-18(24)21-16-6-8-17(9-7-16)23-11-2-1-3-12-23/h4-10,13H,1-3,11-12,14H2,(H2-,20,21,24,25)/p+1. The summed E-state index contributed by atoms with van der Waals surface area (Å²) in [6.07, 6.45) is 7.08. The maximum Gasteiger partial charge on any atom is 0.290 e. The van der Waals surface area contributed by atoms with Gasteiger partial charge in [0.05, 0.1) is 0 Å². The maximum absolute atomic E-state index is 12.2. The van der Waals surface area contributed by atoms with E-state index in [1.165, 1.54) is 24.9 Å². The van der Waals surface area contributed by atoms with Gasteiger partial charge in [-0.2, -0.15) is 4.57 Å². The Bertz CT molecular complexity index is 752. The van der Waals surface area contributed by atoms with Gasteiger partial charge in [0, 0.05) is 30.5 Å². The second-order valence-corrected chi connectivity index (χ2v) is 6.27. The Hall–Kier alpha value is -2.89. The second kappa shape index (κ2) is 7.79. The van der Waals surface area contributed by atoms with Crippen LogP contribution in [0.1, 0.15) is 29.6 Å². The Morgan fingerprint density at radius 1 is 1.08 bits per heavy atom. The SMILES string of the molecule is NC(=O)c1ccc[n+](CC(=O)Nc2ccc(N3CCCCC3)cc2)c1. The van der Waals surface area contributed by atoms with Crippen LogP contribution < -0.4 is 20.5 Å². The van der Waals surface area contributed by atoms with Gasteiger partial charge in [-0.15, -0.1) is 0 Å². The van der Waals surface area contributed by atoms with Crippen LogP contribution in [0.5, 0.6) is 0 Å². The number of benzene rings is 1. The van der Waals surface area contributed by atoms with Crippen molar-refractivity contribution in [2.75, 3.05) is 23.3 Å². The molecule has 2 aromatic rings. The molecule has 0 saturated carbocycles. The monoisotopic (exact) mass is 339 g/mol. The molecule has 0 spiro atoms. The van der Waals surface area contributed by atoms with Crippen LogP contribution in [0.2, 0.25) is 0 Å². The molecule has 3 N–H and O–H groups in total. The van der Waals surface area contributed by atoms with E-state index in [0.29, 0.717) is 5.56 Å². The minimum Gasteiger partial charge on any atom is -0.372 e. The van der Waals surface area contributed by atoms with Crippen molar-refractivity contribution in [1.29, 1.82) is 0 Å². The third-order valence-corrected chi connectivity index (χ3v) is 4.34. The number of carbonyl (C=O) groups is 2. The first-order valence-electron chi connectivity index (χ1n) is 8.55. The number of piperidine rings is 1. The molecule has 0 radical (unpaired) electrons. The molecular formula is C19H23N4O2+. The molecule has 2 amide bonds. The normalized spacial score (nSPS) is 14.2. The first-order valence-corrected chi connectivity index (χ1v) is 8.55. The summed E-state index contributed by atoms with van der Waals surface area (Å²) in [5, 5.41) is 2.87. The smallest absolute Gasteiger partial charge is 0.290 e. The molecule has 6 heteroatoms. The van der Waals surface area contributed by atoms with Crippen LogP contribution in [0.3, 0.4) is 0 Å². The zero-order chi connectivity index (χ0) is 17.6. The van der Waals surface area contributed by atoms with Crippen LogP contribution in [0.25, 0.3) is 0 Å². The molecule has 0 bridgehead atoms. The van der Waals surface area contributed by atoms with Crippen molar-refractivity contribution >= 4 is 23.2 Å². The average Bonchev–Trinajstić information content (AvgIpc) is 2.63. The fraction of sp³-hybridized carbons (Fsp3) is 0.316. The molecule has 1 fully saturated rings. The predicted molar refractivity (Wildman–Crippen MR) is 96.3 cm³/mol. The number of nitrogens with zero attached hydrogens (tertiary/aromatic N) is 2. The van der Waals surface area contributed by atoms with E-state index in [1.54, 1.807) is 29.1 Å². The number of amides is 2. The molecule has 3 rings (SSSR count). The zero-order valence-corrected chi connectivity index (χ0v) is 14.1. The van der Waals surface area contributed by atoms with Crippen LogP contribution in [-0.2, 0) is 11.3 Å². The Morgan fingerprint density at radius 2 is 1.80 bits per heavy atom. The minimum absolute atomic E-state index is 0.120. The molecule has 25 heavy (non-hydrogen) atoms. The lowest BCUT2D eigenvalue weighted by molar-refractivity contribution is -0.684. The van der Waals surface area contributed by atoms with E-state index in [-0.39, 0.29) is 12.5 Å². The highest BCUT2D eigenvalue weighted by Crippen LogP contribution is 2.21. The number of anilines is 2. The molecular weight excluding hydrogens is 316 g/mol. The summed E-state index contributed by atoms with van der Waals surface area (Å²) in [7, 11) is 0. The number of primary amides is 1. The van der Waals surface area contributed by atoms with Gasteiger partial charge in [-0.05, 0) is 49.6 Å². The lowest BCUT2D eigenvalue weighted by Gasteiger charge is -2.28. The largest absolute Gasteiger partial charge is 0.372 e. The molecule has 1 saturated heterocycles. The third-order valence-electron chi connectivity index (χ3n) is 4.34. The quantitative estimate of drug-likeness (QED) is 0.814. The minimum atomic E-state index is -0.511. The molecule has 0 aliphatic carbocycles. The van der Waals surface area contributed by atoms with Crippen molar-refractivity contribution in [2.24, 2.45) is 5.73 Å². The van der Waals surface area contributed by atoms with Gasteiger partial charge in [0.25, 0.3) is 11.8 Å². The van der Waals surface area contributed by atoms with Crippen molar-refractivity contribution < 1.29 is 14.2 Å². The molecule has 1 aliphatic heterocycles. The fourth-order valence-corrected chi connectivity index (χ4v) is 3.04. The van der Waals surface area contributed by atoms with E-state index in [2.05, 4.69) is 10.2 Å². The van der Waals surface area contributed by atoms with Crippen molar-refractivity contribution in [3.63, 3.8) is 0 Å². The Labute approximate surface area is 147 Å². The highest BCUT2D eigenvalue weighted by atomic mass is 16.2. The Balaban J connectivity index is 1.59. The summed E-state index contributed by atoms with van der Waals surface area (Å²) >= 11 is 0. The fourth-order valence-electron chi connectivity index (χ4n) is 3.04. The number of aromatic nitrogens is 1. The van der Waals surface area contributed by atoms with E-state index >= 15 is 0 Å². The van der Waals surface area contributed by atoms with Crippen LogP contribution in [0, 0.1) is 0 Å². The Kier molecular flexibility index (Phi) is 5.28. The third kappa shape index (κ3) is 4.56. The van der Waals surface area contributed by atoms with Crippen LogP contribution in [0.4, 0.5) is 11.4 Å². The number of hydrogen-bond acceptors (Lipinski definition) is 3. The van der Waals surface area contributed by atoms with Crippen molar-refractivity contribution in [2.45, 2.75) is 25.8 Å². The average molecular weight is 339 g/mol. The van der Waals surface area contributed by atoms with Gasteiger partial charge >= 0.3 is 0 Å². The van der Waals surface area contributed by atoms with Crippen LogP contribution in [-0.4, -0.2) is 24.9 Å². The lowest BCUT2D eigenvalue weighted by atomic mass is 10.1. The first-order chi connectivity index (χ1) is 12.1. The van der Waals surface area contributed by atoms with E-state index < -0.39 is 5.91 Å². The van der Waals surface area contributed by atoms with Gasteiger partial charge in [-0.1, -0.05) is 0 Å². The molecule has 2 heterocycles. The topological polar surface area (TPSA) is 79.3 Å². The second-order valence-electron chi connectivity index (χ2n) is 6.27. The summed E-state index contributed by atoms with van der Waals surface area (Å²) in [4.78, 5) is 25.8. The summed E-state index contributed by atoms with van der Waals surface area (Å²) in [6.45, 7) is 2.31. The number of hydrogen-bond donors (Lipinski definition) is 2. The van der Waals surface area contributed by atoms with Gasteiger partial charge in [0.1, 0.15) is 5.56 Å². The van der Waals surface area contributed by atoms with Gasteiger partial charge in [0.15, 0.2) is 12.4 Å². The van der Waals surface area contributed by atoms with Crippen LogP contribution in [0.15, 0.2) is 48.8 Å². The highest BCUT2D eigenvalue weighted by molar-refractivity contribution is 5.92.